The van der Waals surface area contributed by atoms with Gasteiger partial charge in [-0.3, -0.25) is 9.69 Å². The SMILES string of the molecule is C=CCN(CCO)CC(=O)Nc1ccccc1Oc1ccccc1. The van der Waals surface area contributed by atoms with Crippen molar-refractivity contribution in [3.05, 3.63) is 67.3 Å². The van der Waals surface area contributed by atoms with Gasteiger partial charge >= 0.3 is 0 Å². The van der Waals surface area contributed by atoms with E-state index in [1.165, 1.54) is 0 Å². The fraction of sp³-hybridized carbons (Fsp3) is 0.211. The molecule has 0 spiro atoms. The van der Waals surface area contributed by atoms with Gasteiger partial charge < -0.3 is 15.2 Å². The lowest BCUT2D eigenvalue weighted by Crippen LogP contribution is -2.35. The fourth-order valence-corrected chi connectivity index (χ4v) is 2.23. The molecule has 0 saturated carbocycles. The van der Waals surface area contributed by atoms with Crippen molar-refractivity contribution >= 4 is 11.6 Å². The van der Waals surface area contributed by atoms with Crippen molar-refractivity contribution in [2.24, 2.45) is 0 Å². The van der Waals surface area contributed by atoms with Crippen molar-refractivity contribution in [1.82, 2.24) is 4.90 Å². The summed E-state index contributed by atoms with van der Waals surface area (Å²) < 4.78 is 5.83. The highest BCUT2D eigenvalue weighted by molar-refractivity contribution is 5.93. The monoisotopic (exact) mass is 326 g/mol. The number of aliphatic hydroxyl groups excluding tert-OH is 1. The number of hydrogen-bond acceptors (Lipinski definition) is 4. The Morgan fingerprint density at radius 1 is 1.17 bits per heavy atom. The van der Waals surface area contributed by atoms with E-state index in [1.807, 2.05) is 47.4 Å². The number of carbonyl (C=O) groups is 1. The third-order valence-corrected chi connectivity index (χ3v) is 3.30. The molecule has 5 nitrogen and oxygen atoms in total. The Bertz CT molecular complexity index is 659. The third-order valence-electron chi connectivity index (χ3n) is 3.30. The second kappa shape index (κ2) is 9.50. The molecule has 0 aliphatic heterocycles. The van der Waals surface area contributed by atoms with Gasteiger partial charge in [-0.2, -0.15) is 0 Å². The van der Waals surface area contributed by atoms with Crippen LogP contribution in [0.4, 0.5) is 5.69 Å². The Labute approximate surface area is 142 Å². The minimum absolute atomic E-state index is 0.00513. The summed E-state index contributed by atoms with van der Waals surface area (Å²) >= 11 is 0. The van der Waals surface area contributed by atoms with Gasteiger partial charge in [0.15, 0.2) is 5.75 Å². The van der Waals surface area contributed by atoms with E-state index in [0.29, 0.717) is 30.3 Å². The van der Waals surface area contributed by atoms with E-state index >= 15 is 0 Å². The molecular formula is C19H22N2O3. The number of carbonyl (C=O) groups excluding carboxylic acids is 1. The largest absolute Gasteiger partial charge is 0.455 e. The molecule has 0 saturated heterocycles. The van der Waals surface area contributed by atoms with Gasteiger partial charge in [0.2, 0.25) is 5.91 Å². The molecule has 2 rings (SSSR count). The zero-order chi connectivity index (χ0) is 17.2. The number of hydrogen-bond donors (Lipinski definition) is 2. The molecule has 2 N–H and O–H groups in total. The van der Waals surface area contributed by atoms with Gasteiger partial charge in [-0.05, 0) is 24.3 Å². The standard InChI is InChI=1S/C19H22N2O3/c1-2-12-21(13-14-22)15-19(23)20-17-10-6-7-11-18(17)24-16-8-4-3-5-9-16/h2-11,22H,1,12-15H2,(H,20,23). The Morgan fingerprint density at radius 2 is 1.88 bits per heavy atom. The lowest BCUT2D eigenvalue weighted by Gasteiger charge is -2.19. The Morgan fingerprint density at radius 3 is 2.58 bits per heavy atom. The van der Waals surface area contributed by atoms with Crippen LogP contribution in [0.2, 0.25) is 0 Å². The molecule has 1 amide bonds. The van der Waals surface area contributed by atoms with Crippen molar-refractivity contribution in [2.45, 2.75) is 0 Å². The first kappa shape index (κ1) is 17.7. The van der Waals surface area contributed by atoms with Gasteiger partial charge in [-0.15, -0.1) is 6.58 Å². The summed E-state index contributed by atoms with van der Waals surface area (Å²) in [5, 5.41) is 11.9. The van der Waals surface area contributed by atoms with Gasteiger partial charge in [-0.25, -0.2) is 0 Å². The topological polar surface area (TPSA) is 61.8 Å². The quantitative estimate of drug-likeness (QED) is 0.696. The summed E-state index contributed by atoms with van der Waals surface area (Å²) in [5.74, 6) is 1.11. The molecule has 0 unspecified atom stereocenters. The number of aliphatic hydroxyl groups is 1. The summed E-state index contributed by atoms with van der Waals surface area (Å²) in [6.45, 7) is 4.78. The molecule has 0 radical (unpaired) electrons. The van der Waals surface area contributed by atoms with Crippen molar-refractivity contribution in [2.75, 3.05) is 31.6 Å². The minimum atomic E-state index is -0.172. The number of rotatable bonds is 9. The number of ether oxygens (including phenoxy) is 1. The number of nitrogens with one attached hydrogen (secondary N) is 1. The molecule has 2 aromatic rings. The molecule has 2 aromatic carbocycles. The van der Waals surface area contributed by atoms with Gasteiger partial charge in [-0.1, -0.05) is 36.4 Å². The maximum absolute atomic E-state index is 12.3. The first-order valence-electron chi connectivity index (χ1n) is 7.79. The van der Waals surface area contributed by atoms with Crippen LogP contribution in [0.5, 0.6) is 11.5 Å². The van der Waals surface area contributed by atoms with Gasteiger partial charge in [0.25, 0.3) is 0 Å². The Kier molecular flexibility index (Phi) is 7.01. The number of anilines is 1. The average molecular weight is 326 g/mol. The highest BCUT2D eigenvalue weighted by atomic mass is 16.5. The smallest absolute Gasteiger partial charge is 0.238 e. The average Bonchev–Trinajstić information content (AvgIpc) is 2.58. The Balaban J connectivity index is 2.03. The number of nitrogens with zero attached hydrogens (tertiary/aromatic N) is 1. The zero-order valence-electron chi connectivity index (χ0n) is 13.5. The highest BCUT2D eigenvalue weighted by Crippen LogP contribution is 2.28. The molecule has 0 aromatic heterocycles. The summed E-state index contributed by atoms with van der Waals surface area (Å²) in [7, 11) is 0. The van der Waals surface area contributed by atoms with Crippen LogP contribution in [0.1, 0.15) is 0 Å². The maximum Gasteiger partial charge on any atom is 0.238 e. The number of benzene rings is 2. The predicted octanol–water partition coefficient (Wildman–Crippen LogP) is 2.90. The molecule has 24 heavy (non-hydrogen) atoms. The third kappa shape index (κ3) is 5.53. The highest BCUT2D eigenvalue weighted by Gasteiger charge is 2.12. The second-order valence-electron chi connectivity index (χ2n) is 5.21. The van der Waals surface area contributed by atoms with E-state index in [9.17, 15) is 4.79 Å². The summed E-state index contributed by atoms with van der Waals surface area (Å²) in [6, 6.07) is 16.7. The molecule has 5 heteroatoms. The number of para-hydroxylation sites is 3. The number of amides is 1. The van der Waals surface area contributed by atoms with Crippen LogP contribution in [0.3, 0.4) is 0 Å². The van der Waals surface area contributed by atoms with Crippen molar-refractivity contribution in [3.8, 4) is 11.5 Å². The Hall–Kier alpha value is -2.63. The van der Waals surface area contributed by atoms with Crippen LogP contribution in [-0.4, -0.2) is 42.2 Å². The maximum atomic E-state index is 12.3. The van der Waals surface area contributed by atoms with E-state index in [-0.39, 0.29) is 19.1 Å². The van der Waals surface area contributed by atoms with Crippen LogP contribution < -0.4 is 10.1 Å². The fourth-order valence-electron chi connectivity index (χ4n) is 2.23. The zero-order valence-corrected chi connectivity index (χ0v) is 13.5. The molecule has 0 bridgehead atoms. The van der Waals surface area contributed by atoms with Crippen LogP contribution in [-0.2, 0) is 4.79 Å². The minimum Gasteiger partial charge on any atom is -0.455 e. The van der Waals surface area contributed by atoms with Crippen LogP contribution in [0, 0.1) is 0 Å². The van der Waals surface area contributed by atoms with Gasteiger partial charge in [0, 0.05) is 13.1 Å². The van der Waals surface area contributed by atoms with Crippen molar-refractivity contribution in [1.29, 1.82) is 0 Å². The molecule has 0 aliphatic carbocycles. The van der Waals surface area contributed by atoms with Gasteiger partial charge in [0.1, 0.15) is 5.75 Å². The molecule has 126 valence electrons. The summed E-state index contributed by atoms with van der Waals surface area (Å²) in [4.78, 5) is 14.1. The molecule has 0 atom stereocenters. The lowest BCUT2D eigenvalue weighted by atomic mass is 10.2. The first-order chi connectivity index (χ1) is 11.7. The lowest BCUT2D eigenvalue weighted by molar-refractivity contribution is -0.117. The van der Waals surface area contributed by atoms with Crippen LogP contribution in [0.15, 0.2) is 67.3 Å². The molecule has 0 fully saturated rings. The molecular weight excluding hydrogens is 304 g/mol. The molecule has 0 aliphatic rings. The van der Waals surface area contributed by atoms with Crippen LogP contribution >= 0.6 is 0 Å². The summed E-state index contributed by atoms with van der Waals surface area (Å²) in [5.41, 5.74) is 0.605. The second-order valence-corrected chi connectivity index (χ2v) is 5.21. The van der Waals surface area contributed by atoms with Crippen LogP contribution in [0.25, 0.3) is 0 Å². The predicted molar refractivity (Wildman–Crippen MR) is 95.3 cm³/mol. The van der Waals surface area contributed by atoms with E-state index in [2.05, 4.69) is 11.9 Å². The van der Waals surface area contributed by atoms with Gasteiger partial charge in [0.05, 0.1) is 18.8 Å². The first-order valence-corrected chi connectivity index (χ1v) is 7.79. The molecule has 0 heterocycles. The van der Waals surface area contributed by atoms with Crippen molar-refractivity contribution < 1.29 is 14.6 Å². The van der Waals surface area contributed by atoms with E-state index in [1.54, 1.807) is 18.2 Å². The van der Waals surface area contributed by atoms with E-state index < -0.39 is 0 Å². The normalized spacial score (nSPS) is 10.4. The van der Waals surface area contributed by atoms with E-state index in [0.717, 1.165) is 0 Å². The van der Waals surface area contributed by atoms with E-state index in [4.69, 9.17) is 9.84 Å². The van der Waals surface area contributed by atoms with Crippen molar-refractivity contribution in [3.63, 3.8) is 0 Å². The summed E-state index contributed by atoms with van der Waals surface area (Å²) in [6.07, 6.45) is 1.70.